The zero-order valence-corrected chi connectivity index (χ0v) is 19.0. The molecule has 1 heterocycles. The van der Waals surface area contributed by atoms with Gasteiger partial charge in [-0.25, -0.2) is 4.79 Å². The summed E-state index contributed by atoms with van der Waals surface area (Å²) in [5, 5.41) is 13.2. The highest BCUT2D eigenvalue weighted by atomic mass is 16.6. The summed E-state index contributed by atoms with van der Waals surface area (Å²) in [7, 11) is 1.77. The number of carbonyl (C=O) groups excluding carboxylic acids is 1. The lowest BCUT2D eigenvalue weighted by molar-refractivity contribution is -0.139. The minimum Gasteiger partial charge on any atom is -0.490 e. The zero-order valence-electron chi connectivity index (χ0n) is 19.0. The molecule has 3 saturated carbocycles. The molecule has 1 N–H and O–H groups in total. The average molecular weight is 455 g/mol. The van der Waals surface area contributed by atoms with Crippen molar-refractivity contribution >= 4 is 12.1 Å². The third-order valence-electron chi connectivity index (χ3n) is 7.50. The molecule has 0 saturated heterocycles. The largest absolute Gasteiger partial charge is 0.490 e. The SMILES string of the molecule is Cc1noc(-c2ccc(OC3CC4C(C3)C4C(=O)O)cc2)c1COC(=O)N(C)CC1CCC1. The molecule has 1 amide bonds. The van der Waals surface area contributed by atoms with Crippen molar-refractivity contribution in [3.8, 4) is 17.1 Å². The second kappa shape index (κ2) is 8.72. The Bertz CT molecular complexity index is 1020. The van der Waals surface area contributed by atoms with E-state index in [2.05, 4.69) is 5.16 Å². The first-order valence-corrected chi connectivity index (χ1v) is 11.7. The van der Waals surface area contributed by atoms with E-state index in [4.69, 9.17) is 19.1 Å². The number of aliphatic carboxylic acids is 1. The van der Waals surface area contributed by atoms with Gasteiger partial charge in [0.25, 0.3) is 0 Å². The topological polar surface area (TPSA) is 102 Å². The molecule has 5 rings (SSSR count). The van der Waals surface area contributed by atoms with E-state index in [1.165, 1.54) is 19.3 Å². The van der Waals surface area contributed by atoms with E-state index < -0.39 is 5.97 Å². The van der Waals surface area contributed by atoms with Crippen molar-refractivity contribution in [1.82, 2.24) is 10.1 Å². The first kappa shape index (κ1) is 21.8. The number of nitrogens with zero attached hydrogens (tertiary/aromatic N) is 2. The Hall–Kier alpha value is -3.03. The van der Waals surface area contributed by atoms with E-state index >= 15 is 0 Å². The predicted molar refractivity (Wildman–Crippen MR) is 119 cm³/mol. The first-order valence-electron chi connectivity index (χ1n) is 11.7. The van der Waals surface area contributed by atoms with E-state index in [0.29, 0.717) is 17.4 Å². The van der Waals surface area contributed by atoms with Crippen LogP contribution in [0, 0.1) is 30.6 Å². The maximum atomic E-state index is 12.4. The summed E-state index contributed by atoms with van der Waals surface area (Å²) in [6.07, 6.45) is 4.93. The van der Waals surface area contributed by atoms with Crippen molar-refractivity contribution in [1.29, 1.82) is 0 Å². The summed E-state index contributed by atoms with van der Waals surface area (Å²) < 4.78 is 17.1. The summed E-state index contributed by atoms with van der Waals surface area (Å²) in [6, 6.07) is 7.57. The molecule has 3 aliphatic carbocycles. The number of carbonyl (C=O) groups is 2. The van der Waals surface area contributed by atoms with Crippen molar-refractivity contribution in [2.24, 2.45) is 23.7 Å². The Balaban J connectivity index is 1.17. The molecule has 3 fully saturated rings. The third kappa shape index (κ3) is 4.43. The summed E-state index contributed by atoms with van der Waals surface area (Å²) in [4.78, 5) is 25.1. The number of carboxylic acids is 1. The van der Waals surface area contributed by atoms with Crippen LogP contribution in [0.15, 0.2) is 28.8 Å². The normalized spacial score (nSPS) is 25.8. The van der Waals surface area contributed by atoms with Crippen LogP contribution in [-0.4, -0.2) is 46.9 Å². The van der Waals surface area contributed by atoms with Gasteiger partial charge in [0, 0.05) is 19.2 Å². The van der Waals surface area contributed by atoms with Crippen molar-refractivity contribution < 1.29 is 28.7 Å². The molecule has 2 aromatic rings. The molecular weight excluding hydrogens is 424 g/mol. The van der Waals surface area contributed by atoms with Crippen molar-refractivity contribution in [2.75, 3.05) is 13.6 Å². The van der Waals surface area contributed by atoms with Gasteiger partial charge in [-0.1, -0.05) is 11.6 Å². The molecule has 3 aliphatic rings. The third-order valence-corrected chi connectivity index (χ3v) is 7.50. The van der Waals surface area contributed by atoms with Crippen LogP contribution in [0.5, 0.6) is 5.75 Å². The molecule has 2 atom stereocenters. The van der Waals surface area contributed by atoms with E-state index in [9.17, 15) is 9.59 Å². The van der Waals surface area contributed by atoms with Gasteiger partial charge in [0.1, 0.15) is 12.4 Å². The molecule has 1 aromatic heterocycles. The number of ether oxygens (including phenoxy) is 2. The highest BCUT2D eigenvalue weighted by molar-refractivity contribution is 5.74. The molecule has 8 nitrogen and oxygen atoms in total. The van der Waals surface area contributed by atoms with Crippen LogP contribution >= 0.6 is 0 Å². The quantitative estimate of drug-likeness (QED) is 0.626. The molecule has 0 radical (unpaired) electrons. The van der Waals surface area contributed by atoms with Crippen LogP contribution in [0.25, 0.3) is 11.3 Å². The zero-order chi connectivity index (χ0) is 23.1. The van der Waals surface area contributed by atoms with Gasteiger partial charge in [0.2, 0.25) is 0 Å². The Morgan fingerprint density at radius 3 is 2.48 bits per heavy atom. The van der Waals surface area contributed by atoms with Gasteiger partial charge in [-0.3, -0.25) is 4.79 Å². The van der Waals surface area contributed by atoms with Gasteiger partial charge >= 0.3 is 12.1 Å². The minimum atomic E-state index is -0.679. The van der Waals surface area contributed by atoms with Crippen LogP contribution < -0.4 is 4.74 Å². The fourth-order valence-electron chi connectivity index (χ4n) is 5.30. The number of amides is 1. The number of benzene rings is 1. The lowest BCUT2D eigenvalue weighted by atomic mass is 9.85. The smallest absolute Gasteiger partial charge is 0.409 e. The number of rotatable bonds is 8. The summed E-state index contributed by atoms with van der Waals surface area (Å²) in [5.41, 5.74) is 2.28. The number of carboxylic acid groups (broad SMARTS) is 1. The number of hydrogen-bond donors (Lipinski definition) is 1. The van der Waals surface area contributed by atoms with Crippen LogP contribution in [0.1, 0.15) is 43.4 Å². The summed E-state index contributed by atoms with van der Waals surface area (Å²) in [6.45, 7) is 2.67. The van der Waals surface area contributed by atoms with Crippen LogP contribution in [0.4, 0.5) is 4.79 Å². The van der Waals surface area contributed by atoms with Crippen molar-refractivity contribution in [3.05, 3.63) is 35.5 Å². The highest BCUT2D eigenvalue weighted by Gasteiger charge is 2.60. The molecule has 8 heteroatoms. The number of fused-ring (bicyclic) bond motifs is 1. The molecule has 2 unspecified atom stereocenters. The van der Waals surface area contributed by atoms with Gasteiger partial charge in [-0.05, 0) is 74.6 Å². The van der Waals surface area contributed by atoms with Crippen molar-refractivity contribution in [3.63, 3.8) is 0 Å². The molecule has 0 aliphatic heterocycles. The van der Waals surface area contributed by atoms with Gasteiger partial charge in [0.15, 0.2) is 5.76 Å². The molecule has 0 spiro atoms. The van der Waals surface area contributed by atoms with E-state index in [-0.39, 0.29) is 36.6 Å². The van der Waals surface area contributed by atoms with Crippen LogP contribution in [0.2, 0.25) is 0 Å². The average Bonchev–Trinajstić information content (AvgIpc) is 3.08. The van der Waals surface area contributed by atoms with E-state index in [1.54, 1.807) is 11.9 Å². The monoisotopic (exact) mass is 454 g/mol. The maximum Gasteiger partial charge on any atom is 0.409 e. The number of hydrogen-bond acceptors (Lipinski definition) is 6. The highest BCUT2D eigenvalue weighted by Crippen LogP contribution is 2.58. The fraction of sp³-hybridized carbons (Fsp3) is 0.560. The van der Waals surface area contributed by atoms with Crippen molar-refractivity contribution in [2.45, 2.75) is 51.7 Å². The Kier molecular flexibility index (Phi) is 5.76. The molecule has 1 aromatic carbocycles. The minimum absolute atomic E-state index is 0.0703. The Labute approximate surface area is 192 Å². The van der Waals surface area contributed by atoms with Gasteiger partial charge < -0.3 is 24.0 Å². The molecular formula is C25H30N2O6. The van der Waals surface area contributed by atoms with Gasteiger partial charge in [-0.15, -0.1) is 0 Å². The maximum absolute atomic E-state index is 12.4. The second-order valence-corrected chi connectivity index (χ2v) is 9.74. The first-order chi connectivity index (χ1) is 15.9. The Morgan fingerprint density at radius 2 is 1.88 bits per heavy atom. The lowest BCUT2D eigenvalue weighted by Crippen LogP contribution is -2.34. The molecule has 33 heavy (non-hydrogen) atoms. The number of aromatic nitrogens is 1. The summed E-state index contributed by atoms with van der Waals surface area (Å²) in [5.74, 6) is 1.60. The van der Waals surface area contributed by atoms with E-state index in [0.717, 1.165) is 36.3 Å². The summed E-state index contributed by atoms with van der Waals surface area (Å²) >= 11 is 0. The van der Waals surface area contributed by atoms with E-state index in [1.807, 2.05) is 31.2 Å². The molecule has 0 bridgehead atoms. The Morgan fingerprint density at radius 1 is 1.18 bits per heavy atom. The second-order valence-electron chi connectivity index (χ2n) is 9.74. The lowest BCUT2D eigenvalue weighted by Gasteiger charge is -2.29. The number of aryl methyl sites for hydroxylation is 1. The van der Waals surface area contributed by atoms with Gasteiger partial charge in [0.05, 0.1) is 23.3 Å². The molecule has 176 valence electrons. The fourth-order valence-corrected chi connectivity index (χ4v) is 5.30. The van der Waals surface area contributed by atoms with Crippen LogP contribution in [-0.2, 0) is 16.1 Å². The van der Waals surface area contributed by atoms with Gasteiger partial charge in [-0.2, -0.15) is 0 Å². The standard InChI is InChI=1S/C25H30N2O6/c1-14-21(13-31-25(30)27(2)12-15-4-3-5-15)23(33-26-14)16-6-8-17(9-7-16)32-18-10-19-20(11-18)22(19)24(28)29/h6-9,15,18-20,22H,3-5,10-13H2,1-2H3,(H,28,29). The predicted octanol–water partition coefficient (Wildman–Crippen LogP) is 4.51. The van der Waals surface area contributed by atoms with Crippen LogP contribution in [0.3, 0.4) is 0 Å².